The first-order valence-electron chi connectivity index (χ1n) is 10.0. The first kappa shape index (κ1) is 20.8. The monoisotopic (exact) mass is 419 g/mol. The van der Waals surface area contributed by atoms with E-state index in [1.165, 1.54) is 29.2 Å². The van der Waals surface area contributed by atoms with Gasteiger partial charge >= 0.3 is 0 Å². The minimum atomic E-state index is -0.802. The van der Waals surface area contributed by atoms with Gasteiger partial charge in [-0.15, -0.1) is 0 Å². The molecule has 0 aromatic heterocycles. The van der Waals surface area contributed by atoms with Gasteiger partial charge in [-0.25, -0.2) is 4.39 Å². The lowest BCUT2D eigenvalue weighted by Gasteiger charge is -2.25. The number of rotatable bonds is 6. The maximum Gasteiger partial charge on any atom is 0.295 e. The van der Waals surface area contributed by atoms with Crippen LogP contribution >= 0.6 is 0 Å². The molecule has 0 spiro atoms. The average Bonchev–Trinajstić information content (AvgIpc) is 3.04. The Morgan fingerprint density at radius 3 is 2.45 bits per heavy atom. The van der Waals surface area contributed by atoms with Gasteiger partial charge in [-0.05, 0) is 41.0 Å². The number of nitrogens with zero attached hydrogens (tertiary/aromatic N) is 1. The van der Waals surface area contributed by atoms with Crippen LogP contribution in [-0.2, 0) is 14.3 Å². The SMILES string of the molecule is COCCCN1C(=O)C(=O)/C(=C(\O)c2ccc3ccccc3c2)C1c1ccc(F)cc1. The van der Waals surface area contributed by atoms with Gasteiger partial charge in [0.1, 0.15) is 11.6 Å². The highest BCUT2D eigenvalue weighted by Crippen LogP contribution is 2.39. The van der Waals surface area contributed by atoms with Crippen LogP contribution in [0.25, 0.3) is 16.5 Å². The molecule has 1 atom stereocenters. The molecule has 1 unspecified atom stereocenters. The second kappa shape index (κ2) is 8.70. The highest BCUT2D eigenvalue weighted by Gasteiger charge is 2.45. The summed E-state index contributed by atoms with van der Waals surface area (Å²) in [5, 5.41) is 13.0. The van der Waals surface area contributed by atoms with Crippen molar-refractivity contribution in [2.24, 2.45) is 0 Å². The summed E-state index contributed by atoms with van der Waals surface area (Å²) in [5.41, 5.74) is 1.00. The highest BCUT2D eigenvalue weighted by molar-refractivity contribution is 6.46. The number of benzene rings is 3. The van der Waals surface area contributed by atoms with E-state index in [4.69, 9.17) is 4.74 Å². The molecule has 5 nitrogen and oxygen atoms in total. The number of hydrogen-bond acceptors (Lipinski definition) is 4. The molecule has 0 saturated carbocycles. The minimum Gasteiger partial charge on any atom is -0.507 e. The topological polar surface area (TPSA) is 66.8 Å². The Kier molecular flexibility index (Phi) is 5.82. The van der Waals surface area contributed by atoms with E-state index in [1.807, 2.05) is 30.3 Å². The van der Waals surface area contributed by atoms with Crippen LogP contribution in [0.2, 0.25) is 0 Å². The lowest BCUT2D eigenvalue weighted by Crippen LogP contribution is -2.31. The summed E-state index contributed by atoms with van der Waals surface area (Å²) in [6, 6.07) is 17.8. The molecular weight excluding hydrogens is 397 g/mol. The summed E-state index contributed by atoms with van der Waals surface area (Å²) in [4.78, 5) is 27.2. The normalized spacial score (nSPS) is 18.1. The van der Waals surface area contributed by atoms with Crippen molar-refractivity contribution < 1.29 is 23.8 Å². The van der Waals surface area contributed by atoms with Gasteiger partial charge in [0, 0.05) is 25.8 Å². The van der Waals surface area contributed by atoms with Gasteiger partial charge < -0.3 is 14.7 Å². The third-order valence-electron chi connectivity index (χ3n) is 5.50. The van der Waals surface area contributed by atoms with Crippen LogP contribution in [0.4, 0.5) is 4.39 Å². The van der Waals surface area contributed by atoms with Crippen LogP contribution in [0.3, 0.4) is 0 Å². The molecule has 158 valence electrons. The molecule has 1 amide bonds. The smallest absolute Gasteiger partial charge is 0.295 e. The molecule has 3 aromatic carbocycles. The van der Waals surface area contributed by atoms with Gasteiger partial charge in [-0.3, -0.25) is 9.59 Å². The molecule has 1 N–H and O–H groups in total. The number of ketones is 1. The molecule has 0 radical (unpaired) electrons. The molecule has 1 heterocycles. The lowest BCUT2D eigenvalue weighted by atomic mass is 9.94. The Morgan fingerprint density at radius 2 is 1.74 bits per heavy atom. The second-order valence-electron chi connectivity index (χ2n) is 7.45. The average molecular weight is 419 g/mol. The molecule has 3 aromatic rings. The van der Waals surface area contributed by atoms with Crippen LogP contribution in [-0.4, -0.2) is 42.0 Å². The third-order valence-corrected chi connectivity index (χ3v) is 5.50. The number of Topliss-reactive ketones (excluding diaryl/α,β-unsaturated/α-hetero) is 1. The number of aliphatic hydroxyl groups excluding tert-OH is 1. The Bertz CT molecular complexity index is 1170. The maximum atomic E-state index is 13.5. The first-order valence-corrected chi connectivity index (χ1v) is 10.0. The van der Waals surface area contributed by atoms with Crippen molar-refractivity contribution in [1.29, 1.82) is 0 Å². The fraction of sp³-hybridized carbons (Fsp3) is 0.200. The number of carbonyl (C=O) groups is 2. The molecule has 6 heteroatoms. The standard InChI is InChI=1S/C25H22FNO4/c1-31-14-4-13-27-22(17-9-11-20(26)12-10-17)21(24(29)25(27)30)23(28)19-8-7-16-5-2-3-6-18(16)15-19/h2-3,5-12,15,22,28H,4,13-14H2,1H3/b23-21-. The fourth-order valence-electron chi connectivity index (χ4n) is 3.97. The highest BCUT2D eigenvalue weighted by atomic mass is 19.1. The van der Waals surface area contributed by atoms with Gasteiger partial charge in [0.15, 0.2) is 0 Å². The number of methoxy groups -OCH3 is 1. The van der Waals surface area contributed by atoms with Crippen molar-refractivity contribution in [3.05, 3.63) is 89.2 Å². The number of ether oxygens (including phenoxy) is 1. The maximum absolute atomic E-state index is 13.5. The van der Waals surface area contributed by atoms with Crippen molar-refractivity contribution in [3.63, 3.8) is 0 Å². The van der Waals surface area contributed by atoms with E-state index in [0.29, 0.717) is 24.2 Å². The Hall–Kier alpha value is -3.51. The van der Waals surface area contributed by atoms with Gasteiger partial charge in [0.25, 0.3) is 11.7 Å². The number of fused-ring (bicyclic) bond motifs is 1. The summed E-state index contributed by atoms with van der Waals surface area (Å²) < 4.78 is 18.6. The molecule has 1 fully saturated rings. The summed E-state index contributed by atoms with van der Waals surface area (Å²) in [7, 11) is 1.56. The zero-order chi connectivity index (χ0) is 22.0. The zero-order valence-electron chi connectivity index (χ0n) is 17.0. The van der Waals surface area contributed by atoms with E-state index in [-0.39, 0.29) is 17.9 Å². The van der Waals surface area contributed by atoms with E-state index in [0.717, 1.165) is 10.8 Å². The quantitative estimate of drug-likeness (QED) is 0.278. The molecule has 1 aliphatic heterocycles. The summed E-state index contributed by atoms with van der Waals surface area (Å²) in [6.45, 7) is 0.693. The number of halogens is 1. The lowest BCUT2D eigenvalue weighted by molar-refractivity contribution is -0.140. The number of hydrogen-bond donors (Lipinski definition) is 1. The van der Waals surface area contributed by atoms with Crippen molar-refractivity contribution in [2.75, 3.05) is 20.3 Å². The van der Waals surface area contributed by atoms with Crippen LogP contribution in [0.1, 0.15) is 23.6 Å². The van der Waals surface area contributed by atoms with Crippen molar-refractivity contribution in [3.8, 4) is 0 Å². The molecular formula is C25H22FNO4. The van der Waals surface area contributed by atoms with Crippen LogP contribution in [0, 0.1) is 5.82 Å². The van der Waals surface area contributed by atoms with Crippen LogP contribution < -0.4 is 0 Å². The fourth-order valence-corrected chi connectivity index (χ4v) is 3.97. The summed E-state index contributed by atoms with van der Waals surface area (Å²) in [5.74, 6) is -2.10. The van der Waals surface area contributed by atoms with Crippen molar-refractivity contribution in [1.82, 2.24) is 4.90 Å². The van der Waals surface area contributed by atoms with E-state index in [9.17, 15) is 19.1 Å². The van der Waals surface area contributed by atoms with E-state index in [2.05, 4.69) is 0 Å². The number of likely N-dealkylation sites (tertiary alicyclic amines) is 1. The zero-order valence-corrected chi connectivity index (χ0v) is 17.0. The van der Waals surface area contributed by atoms with E-state index < -0.39 is 23.5 Å². The minimum absolute atomic E-state index is 0.00399. The Balaban J connectivity index is 1.84. The van der Waals surface area contributed by atoms with E-state index >= 15 is 0 Å². The molecule has 0 aliphatic carbocycles. The van der Waals surface area contributed by atoms with Gasteiger partial charge in [-0.1, -0.05) is 48.5 Å². The van der Waals surface area contributed by atoms with Crippen LogP contribution in [0.15, 0.2) is 72.3 Å². The van der Waals surface area contributed by atoms with Crippen LogP contribution in [0.5, 0.6) is 0 Å². The summed E-state index contributed by atoms with van der Waals surface area (Å²) in [6.07, 6.45) is 0.525. The van der Waals surface area contributed by atoms with Gasteiger partial charge in [0.2, 0.25) is 0 Å². The Morgan fingerprint density at radius 1 is 1.03 bits per heavy atom. The molecule has 4 rings (SSSR count). The van der Waals surface area contributed by atoms with E-state index in [1.54, 1.807) is 19.2 Å². The van der Waals surface area contributed by atoms with Crippen molar-refractivity contribution in [2.45, 2.75) is 12.5 Å². The largest absolute Gasteiger partial charge is 0.507 e. The molecule has 1 aliphatic rings. The number of aliphatic hydroxyl groups is 1. The molecule has 0 bridgehead atoms. The summed E-state index contributed by atoms with van der Waals surface area (Å²) >= 11 is 0. The Labute approximate surface area is 179 Å². The van der Waals surface area contributed by atoms with Gasteiger partial charge in [0.05, 0.1) is 11.6 Å². The number of amides is 1. The first-order chi connectivity index (χ1) is 15.0. The number of carbonyl (C=O) groups excluding carboxylic acids is 2. The van der Waals surface area contributed by atoms with Crippen molar-refractivity contribution >= 4 is 28.2 Å². The predicted octanol–water partition coefficient (Wildman–Crippen LogP) is 4.44. The van der Waals surface area contributed by atoms with Gasteiger partial charge in [-0.2, -0.15) is 0 Å². The third kappa shape index (κ3) is 3.94. The molecule has 31 heavy (non-hydrogen) atoms. The second-order valence-corrected chi connectivity index (χ2v) is 7.45. The molecule has 1 saturated heterocycles. The predicted molar refractivity (Wildman–Crippen MR) is 116 cm³/mol.